The second-order valence-electron chi connectivity index (χ2n) is 11.1. The molecule has 3 fully saturated rings. The number of alkyl halides is 3. The van der Waals surface area contributed by atoms with Gasteiger partial charge < -0.3 is 14.5 Å². The number of H-pyrrole nitrogens is 1. The maximum atomic E-state index is 13.6. The second-order valence-corrected chi connectivity index (χ2v) is 11.5. The Kier molecular flexibility index (Phi) is 6.34. The molecule has 2 saturated heterocycles. The van der Waals surface area contributed by atoms with Crippen LogP contribution in [0.3, 0.4) is 0 Å². The Morgan fingerprint density at radius 3 is 2.07 bits per heavy atom. The van der Waals surface area contributed by atoms with Crippen molar-refractivity contribution in [2.45, 2.75) is 6.18 Å². The topological polar surface area (TPSA) is 104 Å². The summed E-state index contributed by atoms with van der Waals surface area (Å²) in [5.41, 5.74) is 2.99. The average Bonchev–Trinajstić information content (AvgIpc) is 3.70. The molecule has 1 N–H and O–H groups in total. The highest BCUT2D eigenvalue weighted by molar-refractivity contribution is 6.30. The molecule has 4 heterocycles. The molecule has 4 aromatic rings. The first kappa shape index (κ1) is 26.7. The number of hydrogen-bond donors (Lipinski definition) is 1. The monoisotopic (exact) mass is 596 g/mol. The van der Waals surface area contributed by atoms with Crippen LogP contribution < -0.4 is 4.74 Å². The van der Waals surface area contributed by atoms with Crippen molar-refractivity contribution in [1.82, 2.24) is 30.2 Å². The van der Waals surface area contributed by atoms with Gasteiger partial charge in [0.05, 0.1) is 5.56 Å². The van der Waals surface area contributed by atoms with Crippen molar-refractivity contribution in [1.29, 1.82) is 0 Å². The third-order valence-electron chi connectivity index (χ3n) is 8.69. The molecular weight excluding hydrogens is 573 g/mol. The van der Waals surface area contributed by atoms with Crippen LogP contribution in [-0.4, -0.2) is 81.0 Å². The van der Waals surface area contributed by atoms with Crippen LogP contribution in [0.2, 0.25) is 5.02 Å². The van der Waals surface area contributed by atoms with Crippen molar-refractivity contribution < 1.29 is 27.5 Å². The first-order chi connectivity index (χ1) is 20.1. The highest BCUT2D eigenvalue weighted by Gasteiger charge is 2.59. The number of amides is 2. The molecule has 2 aliphatic heterocycles. The number of hydrogen-bond acceptors (Lipinski definition) is 6. The molecule has 216 valence electrons. The van der Waals surface area contributed by atoms with Gasteiger partial charge in [0.2, 0.25) is 5.88 Å². The van der Waals surface area contributed by atoms with Crippen LogP contribution in [0.25, 0.3) is 22.2 Å². The van der Waals surface area contributed by atoms with E-state index in [0.717, 1.165) is 0 Å². The fourth-order valence-corrected chi connectivity index (χ4v) is 6.84. The molecule has 42 heavy (non-hydrogen) atoms. The summed E-state index contributed by atoms with van der Waals surface area (Å²) in [5.74, 6) is 0.715. The average molecular weight is 597 g/mol. The Morgan fingerprint density at radius 1 is 0.857 bits per heavy atom. The number of rotatable bonds is 5. The van der Waals surface area contributed by atoms with Gasteiger partial charge in [-0.15, -0.1) is 0 Å². The molecular formula is C29H24ClF3N6O3. The van der Waals surface area contributed by atoms with Gasteiger partial charge in [0.15, 0.2) is 6.61 Å². The highest BCUT2D eigenvalue weighted by atomic mass is 35.5. The van der Waals surface area contributed by atoms with Gasteiger partial charge in [-0.25, -0.2) is 4.98 Å². The van der Waals surface area contributed by atoms with Gasteiger partial charge in [-0.1, -0.05) is 23.7 Å². The van der Waals surface area contributed by atoms with Gasteiger partial charge in [-0.05, 0) is 65.6 Å². The molecule has 0 spiro atoms. The standard InChI is InChI=1S/C29H24ClF3N6O3/c30-18-4-1-15(2-5-18)19-7-17(9-34-26(19)42-14-29(31,32)33)28(41)39-12-22-20-10-38(11-21(20)23(22)13-39)27(40)16-3-6-24-25(8-16)36-37-35-24/h1-9,20-23H,10-14H2,(H,35,36,37)/t20-,21+,22+,23-. The van der Waals surface area contributed by atoms with Crippen LogP contribution in [0.1, 0.15) is 20.7 Å². The summed E-state index contributed by atoms with van der Waals surface area (Å²) in [6, 6.07) is 13.3. The molecule has 0 bridgehead atoms. The molecule has 0 radical (unpaired) electrons. The third kappa shape index (κ3) is 4.73. The fraction of sp³-hybridized carbons (Fsp3) is 0.345. The number of carbonyl (C=O) groups excluding carboxylic acids is 2. The second kappa shape index (κ2) is 9.97. The van der Waals surface area contributed by atoms with Gasteiger partial charge in [0, 0.05) is 48.5 Å². The number of aromatic amines is 1. The number of pyridine rings is 1. The maximum Gasteiger partial charge on any atom is 0.422 e. The minimum Gasteiger partial charge on any atom is -0.468 e. The zero-order valence-corrected chi connectivity index (χ0v) is 22.8. The van der Waals surface area contributed by atoms with Crippen LogP contribution in [0.4, 0.5) is 13.2 Å². The smallest absolute Gasteiger partial charge is 0.422 e. The quantitative estimate of drug-likeness (QED) is 0.358. The van der Waals surface area contributed by atoms with Crippen LogP contribution in [0, 0.1) is 23.7 Å². The zero-order chi connectivity index (χ0) is 29.2. The van der Waals surface area contributed by atoms with Crippen LogP contribution in [0.5, 0.6) is 5.88 Å². The molecule has 2 aromatic heterocycles. The molecule has 3 aliphatic rings. The molecule has 13 heteroatoms. The van der Waals surface area contributed by atoms with E-state index in [4.69, 9.17) is 16.3 Å². The number of carbonyl (C=O) groups is 2. The van der Waals surface area contributed by atoms with Crippen LogP contribution in [-0.2, 0) is 0 Å². The van der Waals surface area contributed by atoms with E-state index in [9.17, 15) is 22.8 Å². The Labute approximate surface area is 242 Å². The third-order valence-corrected chi connectivity index (χ3v) is 8.94. The number of nitrogens with zero attached hydrogens (tertiary/aromatic N) is 5. The number of nitrogens with one attached hydrogen (secondary N) is 1. The Morgan fingerprint density at radius 2 is 1.45 bits per heavy atom. The first-order valence-corrected chi connectivity index (χ1v) is 13.9. The number of fused-ring (bicyclic) bond motifs is 5. The van der Waals surface area contributed by atoms with E-state index in [-0.39, 0.29) is 40.7 Å². The summed E-state index contributed by atoms with van der Waals surface area (Å²) >= 11 is 5.99. The summed E-state index contributed by atoms with van der Waals surface area (Å²) in [7, 11) is 0. The number of halogens is 4. The lowest BCUT2D eigenvalue weighted by Gasteiger charge is -2.42. The molecule has 2 aromatic carbocycles. The molecule has 4 atom stereocenters. The summed E-state index contributed by atoms with van der Waals surface area (Å²) < 4.78 is 43.6. The SMILES string of the molecule is O=C(c1cnc(OCC(F)(F)F)c(-c2ccc(Cl)cc2)c1)N1C[C@@H]2[C@H](C1)[C@H]1CN(C(=O)c3ccc4n[nH]nc4c3)C[C@@H]21. The zero-order valence-electron chi connectivity index (χ0n) is 22.0. The Balaban J connectivity index is 1.05. The van der Waals surface area contributed by atoms with E-state index < -0.39 is 12.8 Å². The summed E-state index contributed by atoms with van der Waals surface area (Å²) in [6.45, 7) is 0.884. The fourth-order valence-electron chi connectivity index (χ4n) is 6.72. The number of likely N-dealkylation sites (tertiary alicyclic amines) is 2. The molecule has 1 saturated carbocycles. The van der Waals surface area contributed by atoms with Gasteiger partial charge in [0.25, 0.3) is 11.8 Å². The van der Waals surface area contributed by atoms with Crippen molar-refractivity contribution in [2.75, 3.05) is 32.8 Å². The van der Waals surface area contributed by atoms with E-state index in [1.165, 1.54) is 12.3 Å². The van der Waals surface area contributed by atoms with E-state index in [2.05, 4.69) is 20.4 Å². The minimum absolute atomic E-state index is 0.0334. The van der Waals surface area contributed by atoms with Crippen molar-refractivity contribution >= 4 is 34.4 Å². The normalized spacial score (nSPS) is 23.0. The summed E-state index contributed by atoms with van der Waals surface area (Å²) in [5, 5.41) is 11.1. The number of ether oxygens (including phenoxy) is 1. The van der Waals surface area contributed by atoms with E-state index in [0.29, 0.717) is 65.2 Å². The lowest BCUT2D eigenvalue weighted by Crippen LogP contribution is -2.44. The number of benzene rings is 2. The highest BCUT2D eigenvalue weighted by Crippen LogP contribution is 2.54. The summed E-state index contributed by atoms with van der Waals surface area (Å²) in [4.78, 5) is 34.6. The largest absolute Gasteiger partial charge is 0.468 e. The first-order valence-electron chi connectivity index (χ1n) is 13.5. The lowest BCUT2D eigenvalue weighted by molar-refractivity contribution is -0.154. The maximum absolute atomic E-state index is 13.6. The molecule has 1 aliphatic carbocycles. The van der Waals surface area contributed by atoms with E-state index in [1.807, 2.05) is 4.90 Å². The predicted molar refractivity (Wildman–Crippen MR) is 146 cm³/mol. The Hall–Kier alpha value is -4.19. The molecule has 9 nitrogen and oxygen atoms in total. The van der Waals surface area contributed by atoms with Gasteiger partial charge in [-0.2, -0.15) is 28.6 Å². The van der Waals surface area contributed by atoms with Gasteiger partial charge >= 0.3 is 6.18 Å². The molecule has 2 amide bonds. The molecule has 0 unspecified atom stereocenters. The predicted octanol–water partition coefficient (Wildman–Crippen LogP) is 4.70. The van der Waals surface area contributed by atoms with Crippen molar-refractivity contribution in [3.63, 3.8) is 0 Å². The van der Waals surface area contributed by atoms with Gasteiger partial charge in [0.1, 0.15) is 11.0 Å². The van der Waals surface area contributed by atoms with Gasteiger partial charge in [-0.3, -0.25) is 9.59 Å². The molecule has 7 rings (SSSR count). The van der Waals surface area contributed by atoms with Crippen LogP contribution >= 0.6 is 11.6 Å². The van der Waals surface area contributed by atoms with Crippen molar-refractivity contribution in [2.24, 2.45) is 23.7 Å². The number of aromatic nitrogens is 4. The van der Waals surface area contributed by atoms with E-state index in [1.54, 1.807) is 47.4 Å². The summed E-state index contributed by atoms with van der Waals surface area (Å²) in [6.07, 6.45) is -3.27. The Bertz CT molecular complexity index is 1670. The van der Waals surface area contributed by atoms with Crippen LogP contribution in [0.15, 0.2) is 54.7 Å². The minimum atomic E-state index is -4.54. The van der Waals surface area contributed by atoms with Crippen molar-refractivity contribution in [3.8, 4) is 17.0 Å². The van der Waals surface area contributed by atoms with E-state index >= 15 is 0 Å². The van der Waals surface area contributed by atoms with Crippen molar-refractivity contribution in [3.05, 3.63) is 70.9 Å². The lowest BCUT2D eigenvalue weighted by atomic mass is 9.60.